The Kier molecular flexibility index (Phi) is 4.73. The zero-order valence-electron chi connectivity index (χ0n) is 9.70. The maximum Gasteiger partial charge on any atom is 0.263 e. The Morgan fingerprint density at radius 2 is 1.65 bits per heavy atom. The van der Waals surface area contributed by atoms with Crippen molar-refractivity contribution in [3.05, 3.63) is 56.2 Å². The predicted octanol–water partition coefficient (Wildman–Crippen LogP) is 4.80. The van der Waals surface area contributed by atoms with E-state index in [0.717, 1.165) is 6.07 Å². The largest absolute Gasteiger partial charge is 0.277 e. The molecule has 0 amide bonds. The molecular weight excluding hydrogens is 436 g/mol. The minimum absolute atomic E-state index is 0.0438. The third-order valence-electron chi connectivity index (χ3n) is 2.36. The molecule has 0 radical (unpaired) electrons. The van der Waals surface area contributed by atoms with E-state index in [-0.39, 0.29) is 15.6 Å². The molecule has 2 aromatic carbocycles. The van der Waals surface area contributed by atoms with Crippen LogP contribution in [0.1, 0.15) is 0 Å². The van der Waals surface area contributed by atoms with Crippen molar-refractivity contribution in [2.75, 3.05) is 4.72 Å². The molecule has 1 N–H and O–H groups in total. The maximum atomic E-state index is 13.6. The second-order valence-corrected chi connectivity index (χ2v) is 7.69. The van der Waals surface area contributed by atoms with E-state index in [9.17, 15) is 12.8 Å². The highest BCUT2D eigenvalue weighted by molar-refractivity contribution is 9.10. The van der Waals surface area contributed by atoms with Gasteiger partial charge >= 0.3 is 0 Å². The van der Waals surface area contributed by atoms with Crippen LogP contribution in [0.3, 0.4) is 0 Å². The summed E-state index contributed by atoms with van der Waals surface area (Å²) in [5.74, 6) is -0.676. The number of nitrogens with one attached hydrogen (secondary N) is 1. The fraction of sp³-hybridized carbons (Fsp3) is 0. The summed E-state index contributed by atoms with van der Waals surface area (Å²) in [6.07, 6.45) is 0. The average Bonchev–Trinajstić information content (AvgIpc) is 2.33. The Morgan fingerprint density at radius 1 is 1.05 bits per heavy atom. The van der Waals surface area contributed by atoms with Crippen molar-refractivity contribution in [3.8, 4) is 0 Å². The second kappa shape index (κ2) is 6.01. The molecule has 0 aromatic heterocycles. The highest BCUT2D eigenvalue weighted by Crippen LogP contribution is 2.28. The van der Waals surface area contributed by atoms with Gasteiger partial charge in [0.15, 0.2) is 0 Å². The van der Waals surface area contributed by atoms with Crippen LogP contribution in [0.25, 0.3) is 0 Å². The van der Waals surface area contributed by atoms with Gasteiger partial charge in [0.25, 0.3) is 10.0 Å². The molecule has 2 aromatic rings. The van der Waals surface area contributed by atoms with Crippen molar-refractivity contribution in [2.24, 2.45) is 0 Å². The summed E-state index contributed by atoms with van der Waals surface area (Å²) >= 11 is 12.2. The van der Waals surface area contributed by atoms with Gasteiger partial charge in [-0.05, 0) is 36.4 Å². The first kappa shape index (κ1) is 15.8. The van der Waals surface area contributed by atoms with Crippen LogP contribution in [0.2, 0.25) is 5.02 Å². The van der Waals surface area contributed by atoms with Gasteiger partial charge in [0.1, 0.15) is 10.7 Å². The molecule has 0 unspecified atom stereocenters. The standard InChI is InChI=1S/C12H7Br2ClFNO2S/c13-7-2-4-12(9(15)5-7)20(18,19)17-11-6-8(14)1-3-10(11)16/h1-6,17H. The van der Waals surface area contributed by atoms with Crippen LogP contribution < -0.4 is 4.72 Å². The average molecular weight is 444 g/mol. The van der Waals surface area contributed by atoms with Gasteiger partial charge in [0, 0.05) is 8.95 Å². The van der Waals surface area contributed by atoms with Crippen LogP contribution in [0.4, 0.5) is 10.1 Å². The minimum atomic E-state index is -3.96. The Labute approximate surface area is 137 Å². The number of benzene rings is 2. The Morgan fingerprint density at radius 3 is 2.30 bits per heavy atom. The van der Waals surface area contributed by atoms with E-state index in [2.05, 4.69) is 36.6 Å². The van der Waals surface area contributed by atoms with E-state index in [4.69, 9.17) is 11.6 Å². The zero-order valence-corrected chi connectivity index (χ0v) is 14.4. The van der Waals surface area contributed by atoms with Gasteiger partial charge in [-0.15, -0.1) is 0 Å². The van der Waals surface area contributed by atoms with Crippen molar-refractivity contribution >= 4 is 59.2 Å². The Balaban J connectivity index is 2.43. The summed E-state index contributed by atoms with van der Waals surface area (Å²) in [5, 5.41) is 0.0438. The second-order valence-electron chi connectivity index (χ2n) is 3.80. The van der Waals surface area contributed by atoms with Gasteiger partial charge < -0.3 is 0 Å². The van der Waals surface area contributed by atoms with Gasteiger partial charge in [0.2, 0.25) is 0 Å². The smallest absolute Gasteiger partial charge is 0.263 e. The molecule has 0 saturated carbocycles. The number of hydrogen-bond donors (Lipinski definition) is 1. The molecule has 0 bridgehead atoms. The summed E-state index contributed by atoms with van der Waals surface area (Å²) in [4.78, 5) is -0.123. The molecule has 0 aliphatic carbocycles. The molecule has 0 spiro atoms. The number of anilines is 1. The molecule has 0 saturated heterocycles. The normalized spacial score (nSPS) is 11.4. The first-order chi connectivity index (χ1) is 9.29. The highest BCUT2D eigenvalue weighted by atomic mass is 79.9. The van der Waals surface area contributed by atoms with Crippen LogP contribution >= 0.6 is 43.5 Å². The monoisotopic (exact) mass is 441 g/mol. The number of sulfonamides is 1. The van der Waals surface area contributed by atoms with Gasteiger partial charge in [-0.2, -0.15) is 0 Å². The van der Waals surface area contributed by atoms with Crippen molar-refractivity contribution < 1.29 is 12.8 Å². The Hall–Kier alpha value is -0.630. The quantitative estimate of drug-likeness (QED) is 0.741. The van der Waals surface area contributed by atoms with Crippen molar-refractivity contribution in [1.82, 2.24) is 0 Å². The van der Waals surface area contributed by atoms with Crippen molar-refractivity contribution in [1.29, 1.82) is 0 Å². The van der Waals surface area contributed by atoms with Gasteiger partial charge in [-0.25, -0.2) is 12.8 Å². The first-order valence-electron chi connectivity index (χ1n) is 5.22. The fourth-order valence-electron chi connectivity index (χ4n) is 1.47. The van der Waals surface area contributed by atoms with Gasteiger partial charge in [0.05, 0.1) is 10.7 Å². The summed E-state index contributed by atoms with van der Waals surface area (Å²) in [5.41, 5.74) is -0.154. The minimum Gasteiger partial charge on any atom is -0.277 e. The fourth-order valence-corrected chi connectivity index (χ4v) is 3.93. The SMILES string of the molecule is O=S(=O)(Nc1cc(Br)ccc1F)c1ccc(Br)cc1Cl. The first-order valence-corrected chi connectivity index (χ1v) is 8.67. The number of hydrogen-bond acceptors (Lipinski definition) is 2. The van der Waals surface area contributed by atoms with Gasteiger partial charge in [-0.3, -0.25) is 4.72 Å². The van der Waals surface area contributed by atoms with Crippen LogP contribution in [-0.4, -0.2) is 8.42 Å². The van der Waals surface area contributed by atoms with Crippen LogP contribution in [0.15, 0.2) is 50.2 Å². The van der Waals surface area contributed by atoms with Crippen LogP contribution in [0, 0.1) is 5.82 Å². The van der Waals surface area contributed by atoms with Gasteiger partial charge in [-0.1, -0.05) is 43.5 Å². The van der Waals surface area contributed by atoms with E-state index in [0.29, 0.717) is 8.95 Å². The lowest BCUT2D eigenvalue weighted by Gasteiger charge is -2.10. The van der Waals surface area contributed by atoms with Crippen LogP contribution in [0.5, 0.6) is 0 Å². The highest BCUT2D eigenvalue weighted by Gasteiger charge is 2.19. The molecule has 3 nitrogen and oxygen atoms in total. The van der Waals surface area contributed by atoms with E-state index in [1.54, 1.807) is 0 Å². The summed E-state index contributed by atoms with van der Waals surface area (Å²) in [6, 6.07) is 8.29. The van der Waals surface area contributed by atoms with Crippen molar-refractivity contribution in [2.45, 2.75) is 4.90 Å². The molecule has 0 aliphatic heterocycles. The molecule has 0 aliphatic rings. The molecular formula is C12H7Br2ClFNO2S. The summed E-state index contributed by atoms with van der Waals surface area (Å²) < 4.78 is 41.4. The van der Waals surface area contributed by atoms with E-state index >= 15 is 0 Å². The lowest BCUT2D eigenvalue weighted by atomic mass is 10.3. The lowest BCUT2D eigenvalue weighted by molar-refractivity contribution is 0.598. The van der Waals surface area contributed by atoms with E-state index in [1.807, 2.05) is 0 Å². The Bertz CT molecular complexity index is 768. The van der Waals surface area contributed by atoms with E-state index in [1.165, 1.54) is 30.3 Å². The zero-order chi connectivity index (χ0) is 14.9. The van der Waals surface area contributed by atoms with Crippen molar-refractivity contribution in [3.63, 3.8) is 0 Å². The third-order valence-corrected chi connectivity index (χ3v) is 5.19. The molecule has 0 fully saturated rings. The maximum absolute atomic E-state index is 13.6. The topological polar surface area (TPSA) is 46.2 Å². The number of rotatable bonds is 3. The molecule has 20 heavy (non-hydrogen) atoms. The third kappa shape index (κ3) is 3.52. The molecule has 0 heterocycles. The van der Waals surface area contributed by atoms with Crippen LogP contribution in [-0.2, 0) is 10.0 Å². The molecule has 2 rings (SSSR count). The lowest BCUT2D eigenvalue weighted by Crippen LogP contribution is -2.14. The summed E-state index contributed by atoms with van der Waals surface area (Å²) in [6.45, 7) is 0. The molecule has 8 heteroatoms. The predicted molar refractivity (Wildman–Crippen MR) is 84.1 cm³/mol. The molecule has 106 valence electrons. The number of halogens is 4. The van der Waals surface area contributed by atoms with E-state index < -0.39 is 15.8 Å². The summed E-state index contributed by atoms with van der Waals surface area (Å²) in [7, 11) is -3.96. The molecule has 0 atom stereocenters.